The number of carboxylic acids is 2. The summed E-state index contributed by atoms with van der Waals surface area (Å²) in [5.41, 5.74) is -1.11. The Balaban J connectivity index is 2.06. The summed E-state index contributed by atoms with van der Waals surface area (Å²) in [5.74, 6) is -2.01. The van der Waals surface area contributed by atoms with Crippen molar-refractivity contribution < 1.29 is 34.4 Å². The van der Waals surface area contributed by atoms with Crippen molar-refractivity contribution in [3.05, 3.63) is 18.0 Å². The topological polar surface area (TPSA) is 139 Å². The molecule has 0 amide bonds. The molecule has 0 aromatic carbocycles. The first kappa shape index (κ1) is 18.0. The van der Waals surface area contributed by atoms with E-state index in [1.165, 1.54) is 30.9 Å². The van der Waals surface area contributed by atoms with Crippen LogP contribution in [-0.2, 0) is 14.3 Å². The molecule has 2 rings (SSSR count). The van der Waals surface area contributed by atoms with E-state index < -0.39 is 24.1 Å². The van der Waals surface area contributed by atoms with Crippen molar-refractivity contribution in [3.8, 4) is 11.5 Å². The summed E-state index contributed by atoms with van der Waals surface area (Å²) >= 11 is 1.19. The van der Waals surface area contributed by atoms with Crippen molar-refractivity contribution in [2.24, 2.45) is 4.99 Å². The number of ether oxygens (including phenoxy) is 2. The maximum absolute atomic E-state index is 11.2. The number of rotatable bonds is 8. The highest BCUT2D eigenvalue weighted by atomic mass is 32.2. The number of aromatic hydroxyl groups is 1. The molecular weight excluding hydrogens is 340 g/mol. The van der Waals surface area contributed by atoms with Gasteiger partial charge in [-0.05, 0) is 6.92 Å². The Morgan fingerprint density at radius 1 is 1.38 bits per heavy atom. The van der Waals surface area contributed by atoms with E-state index in [9.17, 15) is 19.8 Å². The van der Waals surface area contributed by atoms with Crippen molar-refractivity contribution in [2.75, 3.05) is 25.6 Å². The molecule has 2 heterocycles. The van der Waals surface area contributed by atoms with Crippen molar-refractivity contribution in [1.29, 1.82) is 0 Å². The molecule has 1 aliphatic rings. The normalized spacial score (nSPS) is 19.8. The zero-order valence-corrected chi connectivity index (χ0v) is 13.6. The number of nitrogens with zero attached hydrogens (tertiary/aromatic N) is 2. The van der Waals surface area contributed by atoms with Gasteiger partial charge in [0, 0.05) is 18.0 Å². The fraction of sp³-hybridized carbons (Fsp3) is 0.429. The van der Waals surface area contributed by atoms with Gasteiger partial charge in [0.25, 0.3) is 0 Å². The quantitative estimate of drug-likeness (QED) is 0.571. The van der Waals surface area contributed by atoms with Crippen LogP contribution in [0.25, 0.3) is 0 Å². The maximum atomic E-state index is 11.2. The average molecular weight is 356 g/mol. The maximum Gasteiger partial charge on any atom is 0.332 e. The van der Waals surface area contributed by atoms with Gasteiger partial charge in [-0.15, -0.1) is 11.8 Å². The number of hydrogen-bond donors (Lipinski definition) is 3. The summed E-state index contributed by atoms with van der Waals surface area (Å²) in [6.45, 7) is 1.14. The highest BCUT2D eigenvalue weighted by Gasteiger charge is 2.39. The van der Waals surface area contributed by atoms with Crippen LogP contribution in [0.3, 0.4) is 0 Å². The lowest BCUT2D eigenvalue weighted by atomic mass is 10.1. The average Bonchev–Trinajstić information content (AvgIpc) is 2.92. The van der Waals surface area contributed by atoms with E-state index in [1.54, 1.807) is 0 Å². The Hall–Kier alpha value is -2.33. The van der Waals surface area contributed by atoms with E-state index in [0.29, 0.717) is 5.04 Å². The van der Waals surface area contributed by atoms with Crippen LogP contribution in [0.4, 0.5) is 0 Å². The van der Waals surface area contributed by atoms with Gasteiger partial charge in [0.05, 0.1) is 6.61 Å². The van der Waals surface area contributed by atoms with Crippen LogP contribution in [0, 0.1) is 0 Å². The first-order chi connectivity index (χ1) is 11.3. The summed E-state index contributed by atoms with van der Waals surface area (Å²) in [6.07, 6.45) is 1.40. The molecule has 0 saturated heterocycles. The second-order valence-electron chi connectivity index (χ2n) is 5.09. The lowest BCUT2D eigenvalue weighted by molar-refractivity contribution is -0.143. The first-order valence-corrected chi connectivity index (χ1v) is 7.89. The lowest BCUT2D eigenvalue weighted by Crippen LogP contribution is -2.33. The fourth-order valence-electron chi connectivity index (χ4n) is 1.81. The van der Waals surface area contributed by atoms with Crippen LogP contribution in [0.1, 0.15) is 12.6 Å². The first-order valence-electron chi connectivity index (χ1n) is 6.90. The van der Waals surface area contributed by atoms with E-state index in [1.807, 2.05) is 0 Å². The highest BCUT2D eigenvalue weighted by molar-refractivity contribution is 8.14. The van der Waals surface area contributed by atoms with E-state index in [4.69, 9.17) is 14.6 Å². The van der Waals surface area contributed by atoms with Gasteiger partial charge >= 0.3 is 11.9 Å². The zero-order valence-electron chi connectivity index (χ0n) is 12.8. The van der Waals surface area contributed by atoms with Crippen molar-refractivity contribution in [2.45, 2.75) is 12.5 Å². The molecule has 130 valence electrons. The molecule has 0 fully saturated rings. The molecule has 1 atom stereocenters. The minimum atomic E-state index is -1.25. The molecule has 1 aliphatic heterocycles. The van der Waals surface area contributed by atoms with Gasteiger partial charge in [-0.3, -0.25) is 4.99 Å². The number of thioether (sulfide) groups is 1. The minimum Gasteiger partial charge on any atom is -0.503 e. The van der Waals surface area contributed by atoms with E-state index in [-0.39, 0.29) is 36.2 Å². The largest absolute Gasteiger partial charge is 0.503 e. The fourth-order valence-corrected chi connectivity index (χ4v) is 2.97. The van der Waals surface area contributed by atoms with E-state index in [2.05, 4.69) is 9.98 Å². The molecule has 9 nitrogen and oxygen atoms in total. The Bertz CT molecular complexity index is 679. The zero-order chi connectivity index (χ0) is 17.7. The summed E-state index contributed by atoms with van der Waals surface area (Å²) in [6, 6.07) is 1.44. The minimum absolute atomic E-state index is 0.0379. The summed E-state index contributed by atoms with van der Waals surface area (Å²) in [5, 5.41) is 28.2. The number of aromatic nitrogens is 1. The second-order valence-corrected chi connectivity index (χ2v) is 6.05. The summed E-state index contributed by atoms with van der Waals surface area (Å²) in [7, 11) is 0. The predicted molar refractivity (Wildman–Crippen MR) is 84.9 cm³/mol. The third-order valence-corrected chi connectivity index (χ3v) is 4.36. The van der Waals surface area contributed by atoms with Gasteiger partial charge in [0.2, 0.25) is 0 Å². The van der Waals surface area contributed by atoms with Crippen LogP contribution >= 0.6 is 11.8 Å². The van der Waals surface area contributed by atoms with Gasteiger partial charge in [0.1, 0.15) is 24.0 Å². The number of hydrogen-bond acceptors (Lipinski definition) is 8. The predicted octanol–water partition coefficient (Wildman–Crippen LogP) is 0.604. The standard InChI is InChI=1S/C14H16N2O7S/c1-14(13(20)21)7-24-12(16-14)10-11(19)8(2-3-15-10)23-5-4-22-6-9(17)18/h2-3,19H,4-7H2,1H3,(H,17,18)(H,20,21)/t14-/m1/s1. The van der Waals surface area contributed by atoms with Gasteiger partial charge < -0.3 is 24.8 Å². The molecule has 0 radical (unpaired) electrons. The number of carboxylic acid groups (broad SMARTS) is 2. The molecule has 0 spiro atoms. The third kappa shape index (κ3) is 4.15. The SMILES string of the molecule is C[C@]1(C(=O)O)CSC(c2nccc(OCCOCC(=O)O)c2O)=N1. The van der Waals surface area contributed by atoms with Gasteiger partial charge in [-0.25, -0.2) is 14.6 Å². The lowest BCUT2D eigenvalue weighted by Gasteiger charge is -2.12. The second kappa shape index (κ2) is 7.49. The van der Waals surface area contributed by atoms with Crippen LogP contribution in [0.5, 0.6) is 11.5 Å². The van der Waals surface area contributed by atoms with Crippen molar-refractivity contribution in [3.63, 3.8) is 0 Å². The molecular formula is C14H16N2O7S. The molecule has 1 aromatic heterocycles. The molecule has 24 heavy (non-hydrogen) atoms. The van der Waals surface area contributed by atoms with Gasteiger partial charge in [0.15, 0.2) is 17.0 Å². The number of carbonyl (C=O) groups is 2. The number of aliphatic carboxylic acids is 2. The molecule has 3 N–H and O–H groups in total. The molecule has 10 heteroatoms. The molecule has 0 aliphatic carbocycles. The Kier molecular flexibility index (Phi) is 5.62. The van der Waals surface area contributed by atoms with Crippen molar-refractivity contribution >= 4 is 28.7 Å². The number of aliphatic imine (C=N–C) groups is 1. The molecule has 0 unspecified atom stereocenters. The highest BCUT2D eigenvalue weighted by Crippen LogP contribution is 2.36. The van der Waals surface area contributed by atoms with Crippen LogP contribution in [0.2, 0.25) is 0 Å². The van der Waals surface area contributed by atoms with E-state index >= 15 is 0 Å². The Labute approximate surface area is 141 Å². The molecule has 1 aromatic rings. The number of pyridine rings is 1. The monoisotopic (exact) mass is 356 g/mol. The molecule has 0 saturated carbocycles. The van der Waals surface area contributed by atoms with Gasteiger partial charge in [-0.1, -0.05) is 0 Å². The van der Waals surface area contributed by atoms with E-state index in [0.717, 1.165) is 0 Å². The molecule has 0 bridgehead atoms. The summed E-state index contributed by atoms with van der Waals surface area (Å²) in [4.78, 5) is 29.7. The smallest absolute Gasteiger partial charge is 0.332 e. The van der Waals surface area contributed by atoms with Crippen LogP contribution in [-0.4, -0.2) is 68.4 Å². The van der Waals surface area contributed by atoms with Crippen molar-refractivity contribution in [1.82, 2.24) is 4.98 Å². The Morgan fingerprint density at radius 3 is 2.75 bits per heavy atom. The van der Waals surface area contributed by atoms with Gasteiger partial charge in [-0.2, -0.15) is 0 Å². The van der Waals surface area contributed by atoms with Crippen LogP contribution < -0.4 is 4.74 Å². The van der Waals surface area contributed by atoms with Crippen LogP contribution in [0.15, 0.2) is 17.3 Å². The Morgan fingerprint density at radius 2 is 2.12 bits per heavy atom. The summed E-state index contributed by atoms with van der Waals surface area (Å²) < 4.78 is 10.2. The third-order valence-electron chi connectivity index (χ3n) is 3.10.